The van der Waals surface area contributed by atoms with E-state index >= 15 is 0 Å². The third-order valence-corrected chi connectivity index (χ3v) is 11.5. The van der Waals surface area contributed by atoms with Crippen LogP contribution in [0.2, 0.25) is 0 Å². The van der Waals surface area contributed by atoms with Crippen molar-refractivity contribution in [3.63, 3.8) is 0 Å². The van der Waals surface area contributed by atoms with E-state index in [0.717, 1.165) is 25.7 Å². The number of cyclic esters (lactones) is 1. The monoisotopic (exact) mass is 480 g/mol. The molecule has 0 unspecified atom stereocenters. The predicted octanol–water partition coefficient (Wildman–Crippen LogP) is 3.39. The second-order valence-corrected chi connectivity index (χ2v) is 13.3. The van der Waals surface area contributed by atoms with Crippen molar-refractivity contribution in [1.82, 2.24) is 0 Å². The van der Waals surface area contributed by atoms with E-state index < -0.39 is 24.4 Å². The summed E-state index contributed by atoms with van der Waals surface area (Å²) in [5, 5.41) is 42.9. The molecular formula is C28H48O6. The van der Waals surface area contributed by atoms with E-state index in [1.54, 1.807) is 0 Å². The van der Waals surface area contributed by atoms with Crippen molar-refractivity contribution in [2.45, 2.75) is 104 Å². The molecule has 3 saturated carbocycles. The lowest BCUT2D eigenvalue weighted by atomic mass is 9.48. The molecule has 6 heteroatoms. The van der Waals surface area contributed by atoms with Crippen molar-refractivity contribution in [3.8, 4) is 0 Å². The highest BCUT2D eigenvalue weighted by molar-refractivity contribution is 5.74. The molecule has 196 valence electrons. The number of carbonyl (C=O) groups is 1. The molecule has 0 radical (unpaired) electrons. The number of ether oxygens (including phenoxy) is 1. The lowest BCUT2D eigenvalue weighted by Gasteiger charge is -2.56. The third-order valence-electron chi connectivity index (χ3n) is 11.5. The van der Waals surface area contributed by atoms with Gasteiger partial charge in [-0.15, -0.1) is 0 Å². The van der Waals surface area contributed by atoms with Gasteiger partial charge in [-0.3, -0.25) is 4.79 Å². The first-order valence-electron chi connectivity index (χ1n) is 13.7. The van der Waals surface area contributed by atoms with Gasteiger partial charge in [0.1, 0.15) is 0 Å². The van der Waals surface area contributed by atoms with E-state index in [-0.39, 0.29) is 52.8 Å². The Kier molecular flexibility index (Phi) is 7.23. The largest absolute Gasteiger partial charge is 0.465 e. The fourth-order valence-corrected chi connectivity index (χ4v) is 8.95. The number of hydrogen-bond acceptors (Lipinski definition) is 6. The Labute approximate surface area is 205 Å². The lowest BCUT2D eigenvalue weighted by molar-refractivity contribution is -0.162. The molecule has 13 atom stereocenters. The van der Waals surface area contributed by atoms with Crippen LogP contribution in [0.15, 0.2) is 0 Å². The summed E-state index contributed by atoms with van der Waals surface area (Å²) >= 11 is 0. The summed E-state index contributed by atoms with van der Waals surface area (Å²) in [5.41, 5.74) is -0.345. The van der Waals surface area contributed by atoms with Gasteiger partial charge in [-0.2, -0.15) is 0 Å². The summed E-state index contributed by atoms with van der Waals surface area (Å²) in [5.74, 6) is 0.948. The van der Waals surface area contributed by atoms with E-state index in [9.17, 15) is 25.2 Å². The van der Waals surface area contributed by atoms with E-state index in [1.807, 2.05) is 6.92 Å². The smallest absolute Gasteiger partial charge is 0.309 e. The number of esters is 1. The van der Waals surface area contributed by atoms with E-state index in [4.69, 9.17) is 4.74 Å². The van der Waals surface area contributed by atoms with Gasteiger partial charge < -0.3 is 25.2 Å². The molecule has 1 saturated heterocycles. The number of hydrogen-bond donors (Lipinski definition) is 4. The van der Waals surface area contributed by atoms with Crippen molar-refractivity contribution in [2.75, 3.05) is 6.61 Å². The van der Waals surface area contributed by atoms with Crippen LogP contribution >= 0.6 is 0 Å². The summed E-state index contributed by atoms with van der Waals surface area (Å²) in [6.45, 7) is 13.2. The first-order valence-corrected chi connectivity index (χ1v) is 13.7. The number of fused-ring (bicyclic) bond motifs is 5. The minimum absolute atomic E-state index is 0.00827. The molecule has 4 fully saturated rings. The first kappa shape index (κ1) is 26.4. The van der Waals surface area contributed by atoms with Gasteiger partial charge in [-0.25, -0.2) is 0 Å². The maximum absolute atomic E-state index is 13.0. The number of aliphatic hydroxyl groups excluding tert-OH is 4. The molecule has 1 aliphatic heterocycles. The summed E-state index contributed by atoms with van der Waals surface area (Å²) in [4.78, 5) is 13.0. The second-order valence-electron chi connectivity index (χ2n) is 13.3. The van der Waals surface area contributed by atoms with Crippen LogP contribution < -0.4 is 0 Å². The van der Waals surface area contributed by atoms with Gasteiger partial charge in [0.05, 0.1) is 36.9 Å². The van der Waals surface area contributed by atoms with E-state index in [2.05, 4.69) is 34.6 Å². The average molecular weight is 481 g/mol. The molecule has 4 aliphatic rings. The number of aliphatic hydroxyl groups is 4. The highest BCUT2D eigenvalue weighted by Crippen LogP contribution is 2.66. The van der Waals surface area contributed by atoms with Crippen LogP contribution in [0.3, 0.4) is 0 Å². The molecular weight excluding hydrogens is 432 g/mol. The summed E-state index contributed by atoms with van der Waals surface area (Å²) in [7, 11) is 0. The Morgan fingerprint density at radius 2 is 1.56 bits per heavy atom. The maximum atomic E-state index is 13.0. The van der Waals surface area contributed by atoms with Crippen molar-refractivity contribution in [3.05, 3.63) is 0 Å². The Morgan fingerprint density at radius 3 is 2.21 bits per heavy atom. The van der Waals surface area contributed by atoms with Crippen molar-refractivity contribution >= 4 is 5.97 Å². The van der Waals surface area contributed by atoms with E-state index in [0.29, 0.717) is 30.8 Å². The Hall–Kier alpha value is -0.690. The Morgan fingerprint density at radius 1 is 0.912 bits per heavy atom. The molecule has 3 aliphatic carbocycles. The van der Waals surface area contributed by atoms with Crippen molar-refractivity contribution in [2.24, 2.45) is 58.2 Å². The summed E-state index contributed by atoms with van der Waals surface area (Å²) in [6, 6.07) is 0. The van der Waals surface area contributed by atoms with Gasteiger partial charge in [0.25, 0.3) is 0 Å². The Bertz CT molecular complexity index is 755. The third kappa shape index (κ3) is 4.05. The zero-order chi connectivity index (χ0) is 25.2. The zero-order valence-corrected chi connectivity index (χ0v) is 22.0. The summed E-state index contributed by atoms with van der Waals surface area (Å²) < 4.78 is 5.86. The van der Waals surface area contributed by atoms with Crippen LogP contribution in [0.1, 0.15) is 80.1 Å². The zero-order valence-electron chi connectivity index (χ0n) is 22.0. The fraction of sp³-hybridized carbons (Fsp3) is 0.964. The average Bonchev–Trinajstić information content (AvgIpc) is 3.09. The van der Waals surface area contributed by atoms with E-state index in [1.165, 1.54) is 0 Å². The SMILES string of the molecule is CC(C)[C@@H](C)[C@H](O)[C@H](O)[C@@H](C)[C@H]1CC[C@H]2[C@H]3COC(=O)[C@@H]4C[C@H](O)[C@H](O)C[C@]4(C)[C@@H]3CC[C@@]12C. The van der Waals surface area contributed by atoms with Crippen LogP contribution in [0, 0.1) is 58.2 Å². The maximum Gasteiger partial charge on any atom is 0.309 e. The molecule has 0 aromatic carbocycles. The van der Waals surface area contributed by atoms with Gasteiger partial charge in [0, 0.05) is 0 Å². The molecule has 0 spiro atoms. The molecule has 0 bridgehead atoms. The molecule has 6 nitrogen and oxygen atoms in total. The van der Waals surface area contributed by atoms with Gasteiger partial charge in [0.2, 0.25) is 0 Å². The second kappa shape index (κ2) is 9.32. The first-order chi connectivity index (χ1) is 15.8. The molecule has 0 aromatic rings. The fourth-order valence-electron chi connectivity index (χ4n) is 8.95. The molecule has 0 amide bonds. The minimum Gasteiger partial charge on any atom is -0.465 e. The van der Waals surface area contributed by atoms with Crippen molar-refractivity contribution in [1.29, 1.82) is 0 Å². The molecule has 0 aromatic heterocycles. The molecule has 4 N–H and O–H groups in total. The van der Waals surface area contributed by atoms with Crippen LogP contribution in [-0.4, -0.2) is 57.4 Å². The standard InChI is InChI=1S/C28H48O6/c1-14(2)15(3)24(31)25(32)16(4)18-7-8-19-17-13-34-26(33)21-11-22(29)23(30)12-28(21,6)20(17)9-10-27(18,19)5/h14-25,29-32H,7-13H2,1-6H3/t15-,16+,17-,18-,19+,20-,21+,22+,23-,24+,25-,27+,28-/m1/s1. The normalized spacial score (nSPS) is 48.1. The van der Waals surface area contributed by atoms with Crippen LogP contribution in [0.5, 0.6) is 0 Å². The molecule has 34 heavy (non-hydrogen) atoms. The minimum atomic E-state index is -0.867. The Balaban J connectivity index is 1.58. The van der Waals surface area contributed by atoms with Crippen LogP contribution in [0.4, 0.5) is 0 Å². The quantitative estimate of drug-likeness (QED) is 0.450. The number of rotatable bonds is 5. The van der Waals surface area contributed by atoms with Crippen LogP contribution in [-0.2, 0) is 9.53 Å². The molecule has 1 heterocycles. The van der Waals surface area contributed by atoms with Gasteiger partial charge >= 0.3 is 5.97 Å². The van der Waals surface area contributed by atoms with Crippen LogP contribution in [0.25, 0.3) is 0 Å². The number of carbonyl (C=O) groups excluding carboxylic acids is 1. The predicted molar refractivity (Wildman–Crippen MR) is 130 cm³/mol. The topological polar surface area (TPSA) is 107 Å². The molecule has 4 rings (SSSR count). The highest BCUT2D eigenvalue weighted by Gasteiger charge is 2.63. The van der Waals surface area contributed by atoms with Gasteiger partial charge in [-0.1, -0.05) is 41.5 Å². The summed E-state index contributed by atoms with van der Waals surface area (Å²) in [6.07, 6.45) is 1.61. The highest BCUT2D eigenvalue weighted by atomic mass is 16.5. The van der Waals surface area contributed by atoms with Gasteiger partial charge in [0.15, 0.2) is 0 Å². The van der Waals surface area contributed by atoms with Gasteiger partial charge in [-0.05, 0) is 90.8 Å². The lowest BCUT2D eigenvalue weighted by Crippen LogP contribution is -2.55. The van der Waals surface area contributed by atoms with Crippen molar-refractivity contribution < 1.29 is 30.0 Å².